The van der Waals surface area contributed by atoms with Gasteiger partial charge in [-0.25, -0.2) is 8.89 Å². The van der Waals surface area contributed by atoms with Crippen molar-refractivity contribution >= 4 is 17.0 Å². The molecule has 0 fully saturated rings. The third-order valence-electron chi connectivity index (χ3n) is 3.34. The SMILES string of the molecule is C#CCC1(COc2cc(C)nn2-c2ccc(NS(=O)O)cc2)N=N1. The molecular formula is C15H15N5O3S. The molecule has 1 aromatic carbocycles. The van der Waals surface area contributed by atoms with Gasteiger partial charge in [-0.15, -0.1) is 12.3 Å². The maximum Gasteiger partial charge on any atom is 0.259 e. The van der Waals surface area contributed by atoms with Crippen LogP contribution < -0.4 is 9.46 Å². The van der Waals surface area contributed by atoms with Gasteiger partial charge in [-0.3, -0.25) is 9.27 Å². The summed E-state index contributed by atoms with van der Waals surface area (Å²) in [5, 5.41) is 12.3. The van der Waals surface area contributed by atoms with Gasteiger partial charge in [0.25, 0.3) is 11.3 Å². The third kappa shape index (κ3) is 3.61. The Bertz CT molecular complexity index is 832. The van der Waals surface area contributed by atoms with E-state index < -0.39 is 16.9 Å². The Morgan fingerprint density at radius 1 is 1.42 bits per heavy atom. The van der Waals surface area contributed by atoms with E-state index in [4.69, 9.17) is 15.7 Å². The van der Waals surface area contributed by atoms with Crippen LogP contribution in [0.2, 0.25) is 0 Å². The molecule has 0 amide bonds. The van der Waals surface area contributed by atoms with Crippen LogP contribution in [0.4, 0.5) is 5.69 Å². The van der Waals surface area contributed by atoms with Crippen molar-refractivity contribution in [2.45, 2.75) is 19.0 Å². The summed E-state index contributed by atoms with van der Waals surface area (Å²) in [6.45, 7) is 2.11. The minimum atomic E-state index is -2.11. The highest BCUT2D eigenvalue weighted by Gasteiger charge is 2.40. The summed E-state index contributed by atoms with van der Waals surface area (Å²) in [5.74, 6) is 3.09. The van der Waals surface area contributed by atoms with Crippen molar-refractivity contribution in [3.8, 4) is 23.9 Å². The molecule has 124 valence electrons. The fourth-order valence-electron chi connectivity index (χ4n) is 2.14. The number of nitrogens with zero attached hydrogens (tertiary/aromatic N) is 4. The third-order valence-corrected chi connectivity index (χ3v) is 3.75. The molecule has 1 unspecified atom stereocenters. The first-order valence-electron chi connectivity index (χ1n) is 7.06. The molecule has 9 heteroatoms. The summed E-state index contributed by atoms with van der Waals surface area (Å²) < 4.78 is 29.4. The van der Waals surface area contributed by atoms with Crippen LogP contribution in [0.3, 0.4) is 0 Å². The molecule has 1 atom stereocenters. The maximum absolute atomic E-state index is 10.8. The first-order valence-corrected chi connectivity index (χ1v) is 8.17. The lowest BCUT2D eigenvalue weighted by Crippen LogP contribution is -2.21. The first-order chi connectivity index (χ1) is 11.5. The Morgan fingerprint density at radius 3 is 2.71 bits per heavy atom. The molecule has 0 spiro atoms. The summed E-state index contributed by atoms with van der Waals surface area (Å²) >= 11 is -2.11. The van der Waals surface area contributed by atoms with Crippen LogP contribution in [0.1, 0.15) is 12.1 Å². The minimum absolute atomic E-state index is 0.255. The lowest BCUT2D eigenvalue weighted by atomic mass is 10.2. The van der Waals surface area contributed by atoms with Crippen LogP contribution in [-0.2, 0) is 11.3 Å². The Kier molecular flexibility index (Phi) is 4.33. The van der Waals surface area contributed by atoms with E-state index in [1.165, 1.54) is 0 Å². The van der Waals surface area contributed by atoms with E-state index in [0.717, 1.165) is 11.4 Å². The molecule has 0 saturated heterocycles. The Labute approximate surface area is 141 Å². The minimum Gasteiger partial charge on any atom is -0.473 e. The van der Waals surface area contributed by atoms with Crippen LogP contribution in [0.5, 0.6) is 5.88 Å². The van der Waals surface area contributed by atoms with Crippen molar-refractivity contribution in [1.29, 1.82) is 0 Å². The number of rotatable bonds is 7. The van der Waals surface area contributed by atoms with Crippen molar-refractivity contribution < 1.29 is 13.5 Å². The monoisotopic (exact) mass is 345 g/mol. The molecule has 24 heavy (non-hydrogen) atoms. The Hall–Kier alpha value is -2.70. The predicted molar refractivity (Wildman–Crippen MR) is 89.2 cm³/mol. The summed E-state index contributed by atoms with van der Waals surface area (Å²) in [6, 6.07) is 8.68. The molecule has 0 bridgehead atoms. The average Bonchev–Trinajstić information content (AvgIpc) is 3.20. The molecule has 2 N–H and O–H groups in total. The number of hydrogen-bond donors (Lipinski definition) is 2. The van der Waals surface area contributed by atoms with Gasteiger partial charge >= 0.3 is 0 Å². The molecule has 3 rings (SSSR count). The highest BCUT2D eigenvalue weighted by molar-refractivity contribution is 7.80. The molecule has 8 nitrogen and oxygen atoms in total. The van der Waals surface area contributed by atoms with E-state index in [1.807, 2.05) is 6.92 Å². The van der Waals surface area contributed by atoms with Crippen LogP contribution in [0.15, 0.2) is 40.6 Å². The van der Waals surface area contributed by atoms with E-state index in [1.54, 1.807) is 35.0 Å². The smallest absolute Gasteiger partial charge is 0.259 e. The van der Waals surface area contributed by atoms with E-state index in [0.29, 0.717) is 18.0 Å². The number of anilines is 1. The van der Waals surface area contributed by atoms with Crippen LogP contribution in [0, 0.1) is 19.3 Å². The quantitative estimate of drug-likeness (QED) is 0.594. The van der Waals surface area contributed by atoms with Gasteiger partial charge in [-0.05, 0) is 31.2 Å². The average molecular weight is 345 g/mol. The van der Waals surface area contributed by atoms with Gasteiger partial charge in [0.1, 0.15) is 6.61 Å². The van der Waals surface area contributed by atoms with E-state index in [2.05, 4.69) is 26.0 Å². The lowest BCUT2D eigenvalue weighted by Gasteiger charge is -2.12. The molecule has 1 aliphatic heterocycles. The number of nitrogens with one attached hydrogen (secondary N) is 1. The number of ether oxygens (including phenoxy) is 1. The molecular weight excluding hydrogens is 330 g/mol. The second kappa shape index (κ2) is 6.43. The number of terminal acetylenes is 1. The summed E-state index contributed by atoms with van der Waals surface area (Å²) in [5.41, 5.74) is 1.44. The zero-order valence-corrected chi connectivity index (χ0v) is 13.7. The predicted octanol–water partition coefficient (Wildman–Crippen LogP) is 2.29. The standard InChI is InChI=1S/C15H15N5O3S/c1-3-8-15(18-19-15)10-23-14-9-11(2)16-20(14)13-6-4-12(5-7-13)17-24(21)22/h1,4-7,9,17H,8,10H2,2H3,(H,21,22). The molecule has 0 radical (unpaired) electrons. The molecule has 2 aromatic rings. The van der Waals surface area contributed by atoms with Gasteiger partial charge in [0, 0.05) is 11.8 Å². The van der Waals surface area contributed by atoms with Crippen LogP contribution in [0.25, 0.3) is 5.69 Å². The van der Waals surface area contributed by atoms with Crippen molar-refractivity contribution in [3.05, 3.63) is 36.0 Å². The van der Waals surface area contributed by atoms with Crippen molar-refractivity contribution in [2.24, 2.45) is 10.2 Å². The van der Waals surface area contributed by atoms with Gasteiger partial charge in [-0.1, -0.05) is 0 Å². The molecule has 0 saturated carbocycles. The maximum atomic E-state index is 10.8. The summed E-state index contributed by atoms with van der Waals surface area (Å²) in [6.07, 6.45) is 5.71. The van der Waals surface area contributed by atoms with Gasteiger partial charge in [0.15, 0.2) is 0 Å². The van der Waals surface area contributed by atoms with Crippen LogP contribution in [-0.4, -0.2) is 30.8 Å². The van der Waals surface area contributed by atoms with Crippen molar-refractivity contribution in [2.75, 3.05) is 11.3 Å². The summed E-state index contributed by atoms with van der Waals surface area (Å²) in [7, 11) is 0. The zero-order valence-electron chi connectivity index (χ0n) is 12.8. The van der Waals surface area contributed by atoms with E-state index in [9.17, 15) is 4.21 Å². The number of benzene rings is 1. The molecule has 0 aliphatic carbocycles. The van der Waals surface area contributed by atoms with Gasteiger partial charge < -0.3 is 4.74 Å². The fraction of sp³-hybridized carbons (Fsp3) is 0.267. The molecule has 1 aliphatic rings. The van der Waals surface area contributed by atoms with Gasteiger partial charge in [-0.2, -0.15) is 15.3 Å². The Morgan fingerprint density at radius 2 is 2.12 bits per heavy atom. The van der Waals surface area contributed by atoms with Crippen LogP contribution >= 0.6 is 0 Å². The number of hydrogen-bond acceptors (Lipinski definition) is 5. The highest BCUT2D eigenvalue weighted by atomic mass is 32.2. The molecule has 2 heterocycles. The fourth-order valence-corrected chi connectivity index (χ4v) is 2.48. The highest BCUT2D eigenvalue weighted by Crippen LogP contribution is 2.32. The summed E-state index contributed by atoms with van der Waals surface area (Å²) in [4.78, 5) is 0. The number of aryl methyl sites for hydroxylation is 1. The first kappa shape index (κ1) is 16.2. The largest absolute Gasteiger partial charge is 0.473 e. The van der Waals surface area contributed by atoms with E-state index >= 15 is 0 Å². The second-order valence-electron chi connectivity index (χ2n) is 5.29. The molecule has 1 aromatic heterocycles. The normalized spacial score (nSPS) is 15.5. The topological polar surface area (TPSA) is 101 Å². The number of aromatic nitrogens is 2. The lowest BCUT2D eigenvalue weighted by molar-refractivity contribution is 0.253. The van der Waals surface area contributed by atoms with Gasteiger partial charge in [0.05, 0.1) is 17.8 Å². The van der Waals surface area contributed by atoms with Crippen molar-refractivity contribution in [1.82, 2.24) is 9.78 Å². The Balaban J connectivity index is 1.76. The van der Waals surface area contributed by atoms with E-state index in [-0.39, 0.29) is 6.61 Å². The van der Waals surface area contributed by atoms with Crippen molar-refractivity contribution in [3.63, 3.8) is 0 Å². The van der Waals surface area contributed by atoms with Gasteiger partial charge in [0.2, 0.25) is 11.5 Å². The second-order valence-corrected chi connectivity index (χ2v) is 5.99. The zero-order chi connectivity index (χ0) is 17.2.